The summed E-state index contributed by atoms with van der Waals surface area (Å²) in [7, 11) is 1.86. The molecule has 0 unspecified atom stereocenters. The second-order valence-corrected chi connectivity index (χ2v) is 6.79. The van der Waals surface area contributed by atoms with Crippen molar-refractivity contribution in [3.05, 3.63) is 58.0 Å². The standard InChI is InChI=1S/C18H20FN3OS/c1-4-15-9-14(21-24-15)7-12-10-22(3)20-18(12)16-6-5-13(19)8-17(16)11(2)23/h5-6,8-11,23H,4,7H2,1-3H3/t11-/m1/s1. The fourth-order valence-corrected chi connectivity index (χ4v) is 3.46. The predicted molar refractivity (Wildman–Crippen MR) is 93.5 cm³/mol. The first kappa shape index (κ1) is 16.8. The maximum Gasteiger partial charge on any atom is 0.123 e. The Morgan fingerprint density at radius 3 is 2.79 bits per heavy atom. The Balaban J connectivity index is 2.03. The molecule has 0 bridgehead atoms. The van der Waals surface area contributed by atoms with Crippen LogP contribution in [-0.4, -0.2) is 19.3 Å². The van der Waals surface area contributed by atoms with Crippen LogP contribution in [0.5, 0.6) is 0 Å². The maximum absolute atomic E-state index is 13.6. The molecule has 0 aliphatic carbocycles. The first-order valence-electron chi connectivity index (χ1n) is 7.92. The number of nitrogens with zero attached hydrogens (tertiary/aromatic N) is 3. The van der Waals surface area contributed by atoms with Gasteiger partial charge in [0.2, 0.25) is 0 Å². The fourth-order valence-electron chi connectivity index (χ4n) is 2.79. The second kappa shape index (κ2) is 6.83. The Labute approximate surface area is 144 Å². The van der Waals surface area contributed by atoms with Crippen molar-refractivity contribution >= 4 is 11.5 Å². The number of hydrogen-bond donors (Lipinski definition) is 1. The summed E-state index contributed by atoms with van der Waals surface area (Å²) in [6.07, 6.45) is 2.82. The third kappa shape index (κ3) is 3.39. The monoisotopic (exact) mass is 345 g/mol. The van der Waals surface area contributed by atoms with Crippen molar-refractivity contribution in [3.63, 3.8) is 0 Å². The van der Waals surface area contributed by atoms with E-state index in [-0.39, 0.29) is 5.82 Å². The van der Waals surface area contributed by atoms with Crippen molar-refractivity contribution in [2.45, 2.75) is 32.8 Å². The number of aliphatic hydroxyl groups excluding tert-OH is 1. The number of benzene rings is 1. The first-order valence-corrected chi connectivity index (χ1v) is 8.70. The van der Waals surface area contributed by atoms with Gasteiger partial charge in [0.25, 0.3) is 0 Å². The van der Waals surface area contributed by atoms with Crippen molar-refractivity contribution in [1.82, 2.24) is 14.2 Å². The Morgan fingerprint density at radius 1 is 1.33 bits per heavy atom. The van der Waals surface area contributed by atoms with Crippen molar-refractivity contribution in [3.8, 4) is 11.3 Å². The second-order valence-electron chi connectivity index (χ2n) is 5.90. The van der Waals surface area contributed by atoms with E-state index in [0.29, 0.717) is 12.0 Å². The van der Waals surface area contributed by atoms with Gasteiger partial charge < -0.3 is 5.11 Å². The van der Waals surface area contributed by atoms with Crippen LogP contribution in [0.2, 0.25) is 0 Å². The summed E-state index contributed by atoms with van der Waals surface area (Å²) in [5.74, 6) is -0.362. The third-order valence-electron chi connectivity index (χ3n) is 3.95. The highest BCUT2D eigenvalue weighted by Gasteiger charge is 2.18. The molecule has 0 aliphatic heterocycles. The Morgan fingerprint density at radius 2 is 2.12 bits per heavy atom. The Kier molecular flexibility index (Phi) is 4.78. The summed E-state index contributed by atoms with van der Waals surface area (Å²) in [4.78, 5) is 1.25. The van der Waals surface area contributed by atoms with E-state index in [0.717, 1.165) is 28.9 Å². The molecule has 1 aromatic carbocycles. The minimum atomic E-state index is -0.767. The molecule has 0 aliphatic rings. The molecule has 0 radical (unpaired) electrons. The Hall–Kier alpha value is -2.05. The van der Waals surface area contributed by atoms with Gasteiger partial charge in [0, 0.05) is 35.7 Å². The van der Waals surface area contributed by atoms with Gasteiger partial charge in [0.05, 0.1) is 17.5 Å². The maximum atomic E-state index is 13.6. The number of aliphatic hydroxyl groups is 1. The largest absolute Gasteiger partial charge is 0.389 e. The van der Waals surface area contributed by atoms with Crippen molar-refractivity contribution in [1.29, 1.82) is 0 Å². The molecule has 24 heavy (non-hydrogen) atoms. The van der Waals surface area contributed by atoms with Gasteiger partial charge in [-0.25, -0.2) is 4.39 Å². The number of rotatable bonds is 5. The molecule has 2 heterocycles. The van der Waals surface area contributed by atoms with E-state index in [2.05, 4.69) is 22.5 Å². The van der Waals surface area contributed by atoms with Crippen LogP contribution < -0.4 is 0 Å². The number of halogens is 1. The molecule has 4 nitrogen and oxygen atoms in total. The summed E-state index contributed by atoms with van der Waals surface area (Å²) in [5.41, 5.74) is 4.08. The van der Waals surface area contributed by atoms with Gasteiger partial charge in [-0.3, -0.25) is 4.68 Å². The lowest BCUT2D eigenvalue weighted by Gasteiger charge is -2.11. The lowest BCUT2D eigenvalue weighted by atomic mass is 9.97. The molecule has 126 valence electrons. The average Bonchev–Trinajstić information content (AvgIpc) is 3.14. The average molecular weight is 345 g/mol. The van der Waals surface area contributed by atoms with Gasteiger partial charge >= 0.3 is 0 Å². The molecular formula is C18H20FN3OS. The zero-order valence-electron chi connectivity index (χ0n) is 14.0. The van der Waals surface area contributed by atoms with Crippen molar-refractivity contribution in [2.24, 2.45) is 7.05 Å². The van der Waals surface area contributed by atoms with Gasteiger partial charge in [0.1, 0.15) is 5.82 Å². The molecule has 3 aromatic rings. The summed E-state index contributed by atoms with van der Waals surface area (Å²) in [6.45, 7) is 3.75. The lowest BCUT2D eigenvalue weighted by Crippen LogP contribution is -1.99. The van der Waals surface area contributed by atoms with E-state index in [1.165, 1.54) is 28.5 Å². The van der Waals surface area contributed by atoms with Gasteiger partial charge in [-0.05, 0) is 54.7 Å². The number of aromatic nitrogens is 3. The Bertz CT molecular complexity index is 854. The van der Waals surface area contributed by atoms with E-state index < -0.39 is 6.10 Å². The zero-order chi connectivity index (χ0) is 17.3. The van der Waals surface area contributed by atoms with E-state index in [9.17, 15) is 9.50 Å². The SMILES string of the molecule is CCc1cc(Cc2cn(C)nc2-c2ccc(F)cc2[C@@H](C)O)ns1. The van der Waals surface area contributed by atoms with Crippen LogP contribution in [0, 0.1) is 5.82 Å². The summed E-state index contributed by atoms with van der Waals surface area (Å²) in [6, 6.07) is 6.57. The van der Waals surface area contributed by atoms with Crippen LogP contribution in [0.25, 0.3) is 11.3 Å². The topological polar surface area (TPSA) is 50.9 Å². The van der Waals surface area contributed by atoms with Crippen LogP contribution in [-0.2, 0) is 19.9 Å². The highest BCUT2D eigenvalue weighted by molar-refractivity contribution is 7.05. The molecule has 0 fully saturated rings. The highest BCUT2D eigenvalue weighted by atomic mass is 32.1. The fraction of sp³-hybridized carbons (Fsp3) is 0.333. The zero-order valence-corrected chi connectivity index (χ0v) is 14.8. The van der Waals surface area contributed by atoms with E-state index >= 15 is 0 Å². The van der Waals surface area contributed by atoms with Crippen LogP contribution >= 0.6 is 11.5 Å². The lowest BCUT2D eigenvalue weighted by molar-refractivity contribution is 0.199. The third-order valence-corrected chi connectivity index (χ3v) is 4.92. The van der Waals surface area contributed by atoms with Gasteiger partial charge in [-0.2, -0.15) is 9.47 Å². The molecule has 2 aromatic heterocycles. The van der Waals surface area contributed by atoms with Gasteiger partial charge in [-0.1, -0.05) is 6.92 Å². The first-order chi connectivity index (χ1) is 11.5. The molecule has 1 N–H and O–H groups in total. The highest BCUT2D eigenvalue weighted by Crippen LogP contribution is 2.31. The molecule has 0 saturated heterocycles. The van der Waals surface area contributed by atoms with Crippen LogP contribution in [0.15, 0.2) is 30.5 Å². The normalized spacial score (nSPS) is 12.5. The molecule has 6 heteroatoms. The predicted octanol–water partition coefficient (Wildman–Crippen LogP) is 3.89. The van der Waals surface area contributed by atoms with E-state index in [4.69, 9.17) is 0 Å². The molecule has 0 saturated carbocycles. The molecule has 1 atom stereocenters. The van der Waals surface area contributed by atoms with Gasteiger partial charge in [0.15, 0.2) is 0 Å². The van der Waals surface area contributed by atoms with E-state index in [1.807, 2.05) is 13.2 Å². The quantitative estimate of drug-likeness (QED) is 0.763. The van der Waals surface area contributed by atoms with E-state index in [1.54, 1.807) is 17.7 Å². The molecular weight excluding hydrogens is 325 g/mol. The van der Waals surface area contributed by atoms with Crippen LogP contribution in [0.4, 0.5) is 4.39 Å². The molecule has 0 amide bonds. The minimum absolute atomic E-state index is 0.362. The minimum Gasteiger partial charge on any atom is -0.389 e. The van der Waals surface area contributed by atoms with Crippen molar-refractivity contribution in [2.75, 3.05) is 0 Å². The number of hydrogen-bond acceptors (Lipinski definition) is 4. The molecule has 3 rings (SSSR count). The summed E-state index contributed by atoms with van der Waals surface area (Å²) < 4.78 is 19.8. The smallest absolute Gasteiger partial charge is 0.123 e. The van der Waals surface area contributed by atoms with Crippen LogP contribution in [0.3, 0.4) is 0 Å². The molecule has 0 spiro atoms. The summed E-state index contributed by atoms with van der Waals surface area (Å²) in [5, 5.41) is 14.5. The van der Waals surface area contributed by atoms with Crippen LogP contribution in [0.1, 0.15) is 41.6 Å². The summed E-state index contributed by atoms with van der Waals surface area (Å²) >= 11 is 1.52. The number of aryl methyl sites for hydroxylation is 2. The van der Waals surface area contributed by atoms with Crippen molar-refractivity contribution < 1.29 is 9.50 Å². The van der Waals surface area contributed by atoms with Gasteiger partial charge in [-0.15, -0.1) is 0 Å².